The summed E-state index contributed by atoms with van der Waals surface area (Å²) in [4.78, 5) is 4.32. The lowest BCUT2D eigenvalue weighted by atomic mass is 10.0. The van der Waals surface area contributed by atoms with Crippen molar-refractivity contribution in [3.63, 3.8) is 0 Å². The summed E-state index contributed by atoms with van der Waals surface area (Å²) in [6, 6.07) is 14.4. The molecule has 3 aromatic rings. The standard InChI is InChI=1S/C18H18N2O2/c1-2-6-15-13(4-1)5-3-7-16(15)22-17(14-8-9-19-12-14)18-20-10-11-21-18/h1-7,10-11,14,17,19H,8-9,12H2/t14-,17+/m0/s1. The Balaban J connectivity index is 1.71. The Morgan fingerprint density at radius 2 is 2.09 bits per heavy atom. The van der Waals surface area contributed by atoms with E-state index < -0.39 is 0 Å². The van der Waals surface area contributed by atoms with Gasteiger partial charge in [0.05, 0.1) is 6.20 Å². The third-order valence-corrected chi connectivity index (χ3v) is 4.22. The zero-order valence-electron chi connectivity index (χ0n) is 12.2. The van der Waals surface area contributed by atoms with E-state index in [2.05, 4.69) is 28.5 Å². The maximum atomic E-state index is 6.36. The van der Waals surface area contributed by atoms with E-state index in [0.29, 0.717) is 11.8 Å². The molecule has 4 nitrogen and oxygen atoms in total. The van der Waals surface area contributed by atoms with Crippen LogP contribution < -0.4 is 10.1 Å². The minimum absolute atomic E-state index is 0.157. The molecule has 1 aliphatic rings. The Labute approximate surface area is 129 Å². The first-order chi connectivity index (χ1) is 10.9. The van der Waals surface area contributed by atoms with E-state index in [-0.39, 0.29) is 6.10 Å². The number of rotatable bonds is 4. The van der Waals surface area contributed by atoms with Gasteiger partial charge in [-0.05, 0) is 24.4 Å². The number of nitrogens with one attached hydrogen (secondary N) is 1. The molecule has 0 unspecified atom stereocenters. The molecule has 0 saturated carbocycles. The molecule has 2 atom stereocenters. The summed E-state index contributed by atoms with van der Waals surface area (Å²) >= 11 is 0. The number of fused-ring (bicyclic) bond motifs is 1. The topological polar surface area (TPSA) is 47.3 Å². The second-order valence-electron chi connectivity index (χ2n) is 5.64. The Hall–Kier alpha value is -2.33. The molecule has 1 N–H and O–H groups in total. The highest BCUT2D eigenvalue weighted by molar-refractivity contribution is 5.88. The van der Waals surface area contributed by atoms with Crippen LogP contribution in [0.15, 0.2) is 59.3 Å². The molecular formula is C18H18N2O2. The Bertz CT molecular complexity index is 743. The summed E-state index contributed by atoms with van der Waals surface area (Å²) in [6.07, 6.45) is 4.20. The molecule has 1 aliphatic heterocycles. The third-order valence-electron chi connectivity index (χ3n) is 4.22. The normalized spacial score (nSPS) is 19.4. The molecule has 1 saturated heterocycles. The average molecular weight is 294 g/mol. The van der Waals surface area contributed by atoms with Crippen molar-refractivity contribution < 1.29 is 9.15 Å². The summed E-state index contributed by atoms with van der Waals surface area (Å²) in [6.45, 7) is 1.94. The lowest BCUT2D eigenvalue weighted by Gasteiger charge is -2.22. The first-order valence-corrected chi connectivity index (χ1v) is 7.66. The Morgan fingerprint density at radius 1 is 1.18 bits per heavy atom. The van der Waals surface area contributed by atoms with E-state index in [4.69, 9.17) is 9.15 Å². The van der Waals surface area contributed by atoms with Gasteiger partial charge in [0.1, 0.15) is 12.0 Å². The molecule has 0 aliphatic carbocycles. The van der Waals surface area contributed by atoms with Crippen molar-refractivity contribution >= 4 is 10.8 Å². The predicted octanol–water partition coefficient (Wildman–Crippen LogP) is 3.56. The van der Waals surface area contributed by atoms with Gasteiger partial charge in [-0.1, -0.05) is 36.4 Å². The van der Waals surface area contributed by atoms with Gasteiger partial charge in [0.2, 0.25) is 5.89 Å². The summed E-state index contributed by atoms with van der Waals surface area (Å²) in [7, 11) is 0. The SMILES string of the molecule is c1ccc2c(O[C@@H](c3ncco3)[C@H]3CCNC3)cccc2c1. The van der Waals surface area contributed by atoms with E-state index in [1.54, 1.807) is 12.5 Å². The van der Waals surface area contributed by atoms with Gasteiger partial charge in [-0.15, -0.1) is 0 Å². The Morgan fingerprint density at radius 3 is 2.91 bits per heavy atom. The summed E-state index contributed by atoms with van der Waals surface area (Å²) < 4.78 is 11.9. The molecule has 2 heterocycles. The zero-order valence-corrected chi connectivity index (χ0v) is 12.2. The molecule has 0 amide bonds. The van der Waals surface area contributed by atoms with E-state index in [1.807, 2.05) is 24.3 Å². The second-order valence-corrected chi connectivity index (χ2v) is 5.64. The van der Waals surface area contributed by atoms with E-state index in [1.165, 1.54) is 5.39 Å². The molecule has 4 heteroatoms. The molecule has 2 aromatic carbocycles. The largest absolute Gasteiger partial charge is 0.480 e. The van der Waals surface area contributed by atoms with Crippen LogP contribution in [0.3, 0.4) is 0 Å². The van der Waals surface area contributed by atoms with E-state index in [9.17, 15) is 0 Å². The first-order valence-electron chi connectivity index (χ1n) is 7.66. The minimum Gasteiger partial charge on any atom is -0.480 e. The minimum atomic E-state index is -0.157. The maximum Gasteiger partial charge on any atom is 0.235 e. The van der Waals surface area contributed by atoms with Crippen LogP contribution in [0.25, 0.3) is 10.8 Å². The fourth-order valence-electron chi connectivity index (χ4n) is 3.09. The highest BCUT2D eigenvalue weighted by Crippen LogP contribution is 2.34. The summed E-state index contributed by atoms with van der Waals surface area (Å²) in [5.74, 6) is 1.91. The monoisotopic (exact) mass is 294 g/mol. The van der Waals surface area contributed by atoms with Crippen molar-refractivity contribution in [1.82, 2.24) is 10.3 Å². The zero-order chi connectivity index (χ0) is 14.8. The number of nitrogens with zero attached hydrogens (tertiary/aromatic N) is 1. The number of hydrogen-bond acceptors (Lipinski definition) is 4. The molecule has 4 rings (SSSR count). The molecular weight excluding hydrogens is 276 g/mol. The highest BCUT2D eigenvalue weighted by Gasteiger charge is 2.31. The average Bonchev–Trinajstić information content (AvgIpc) is 3.26. The molecule has 22 heavy (non-hydrogen) atoms. The van der Waals surface area contributed by atoms with Crippen LogP contribution in [0.5, 0.6) is 5.75 Å². The number of hydrogen-bond donors (Lipinski definition) is 1. The van der Waals surface area contributed by atoms with Crippen molar-refractivity contribution in [1.29, 1.82) is 0 Å². The molecule has 0 bridgehead atoms. The third kappa shape index (κ3) is 2.46. The number of benzene rings is 2. The van der Waals surface area contributed by atoms with Gasteiger partial charge in [0.15, 0.2) is 6.10 Å². The number of ether oxygens (including phenoxy) is 1. The molecule has 0 spiro atoms. The fourth-order valence-corrected chi connectivity index (χ4v) is 3.09. The summed E-state index contributed by atoms with van der Waals surface area (Å²) in [5.41, 5.74) is 0. The lowest BCUT2D eigenvalue weighted by Crippen LogP contribution is -2.21. The van der Waals surface area contributed by atoms with Gasteiger partial charge >= 0.3 is 0 Å². The molecule has 1 aromatic heterocycles. The van der Waals surface area contributed by atoms with Crippen molar-refractivity contribution in [2.45, 2.75) is 12.5 Å². The van der Waals surface area contributed by atoms with Crippen molar-refractivity contribution in [3.8, 4) is 5.75 Å². The van der Waals surface area contributed by atoms with Crippen LogP contribution in [-0.2, 0) is 0 Å². The van der Waals surface area contributed by atoms with Crippen LogP contribution in [0.1, 0.15) is 18.4 Å². The smallest absolute Gasteiger partial charge is 0.235 e. The lowest BCUT2D eigenvalue weighted by molar-refractivity contribution is 0.116. The second kappa shape index (κ2) is 5.81. The molecule has 0 radical (unpaired) electrons. The van der Waals surface area contributed by atoms with Gasteiger partial charge in [0.25, 0.3) is 0 Å². The van der Waals surface area contributed by atoms with Crippen molar-refractivity contribution in [2.24, 2.45) is 5.92 Å². The highest BCUT2D eigenvalue weighted by atomic mass is 16.5. The Kier molecular flexibility index (Phi) is 3.52. The fraction of sp³-hybridized carbons (Fsp3) is 0.278. The quantitative estimate of drug-likeness (QED) is 0.799. The maximum absolute atomic E-state index is 6.36. The van der Waals surface area contributed by atoms with Crippen LogP contribution >= 0.6 is 0 Å². The van der Waals surface area contributed by atoms with Crippen molar-refractivity contribution in [3.05, 3.63) is 60.8 Å². The van der Waals surface area contributed by atoms with Crippen LogP contribution in [0, 0.1) is 5.92 Å². The van der Waals surface area contributed by atoms with Gasteiger partial charge in [-0.3, -0.25) is 0 Å². The van der Waals surface area contributed by atoms with Crippen LogP contribution in [0.4, 0.5) is 0 Å². The van der Waals surface area contributed by atoms with E-state index in [0.717, 1.165) is 30.6 Å². The summed E-state index contributed by atoms with van der Waals surface area (Å²) in [5, 5.41) is 5.68. The van der Waals surface area contributed by atoms with Crippen LogP contribution in [-0.4, -0.2) is 18.1 Å². The van der Waals surface area contributed by atoms with Gasteiger partial charge in [0, 0.05) is 17.8 Å². The molecule has 1 fully saturated rings. The van der Waals surface area contributed by atoms with Gasteiger partial charge in [-0.2, -0.15) is 0 Å². The predicted molar refractivity (Wildman–Crippen MR) is 84.8 cm³/mol. The number of aromatic nitrogens is 1. The van der Waals surface area contributed by atoms with Crippen molar-refractivity contribution in [2.75, 3.05) is 13.1 Å². The molecule has 112 valence electrons. The van der Waals surface area contributed by atoms with E-state index >= 15 is 0 Å². The van der Waals surface area contributed by atoms with Gasteiger partial charge < -0.3 is 14.5 Å². The van der Waals surface area contributed by atoms with Gasteiger partial charge in [-0.25, -0.2) is 4.98 Å². The first kappa shape index (κ1) is 13.3. The number of oxazole rings is 1. The van der Waals surface area contributed by atoms with Crippen LogP contribution in [0.2, 0.25) is 0 Å².